The number of hydrogen-bond donors (Lipinski definition) is 2. The molecule has 0 aromatic carbocycles. The summed E-state index contributed by atoms with van der Waals surface area (Å²) in [6.45, 7) is 1.88. The van der Waals surface area contributed by atoms with Gasteiger partial charge in [-0.3, -0.25) is 0 Å². The van der Waals surface area contributed by atoms with Crippen LogP contribution in [0.3, 0.4) is 0 Å². The molecule has 1 aliphatic heterocycles. The van der Waals surface area contributed by atoms with Crippen LogP contribution in [0.2, 0.25) is 0 Å². The van der Waals surface area contributed by atoms with Crippen molar-refractivity contribution in [3.8, 4) is 0 Å². The highest BCUT2D eigenvalue weighted by Gasteiger charge is 2.50. The molecule has 4 atom stereocenters. The predicted molar refractivity (Wildman–Crippen MR) is 41.8 cm³/mol. The summed E-state index contributed by atoms with van der Waals surface area (Å²) in [7, 11) is 0. The van der Waals surface area contributed by atoms with Crippen LogP contribution in [0.15, 0.2) is 0 Å². The van der Waals surface area contributed by atoms with E-state index in [-0.39, 0.29) is 24.1 Å². The Labute approximate surface area is 70.8 Å². The second-order valence-corrected chi connectivity index (χ2v) is 3.79. The summed E-state index contributed by atoms with van der Waals surface area (Å²) in [6.07, 6.45) is 0.346. The zero-order chi connectivity index (χ0) is 8.88. The van der Waals surface area contributed by atoms with Gasteiger partial charge in [-0.05, 0) is 19.8 Å². The van der Waals surface area contributed by atoms with Crippen LogP contribution in [0.5, 0.6) is 0 Å². The van der Waals surface area contributed by atoms with Crippen molar-refractivity contribution in [3.05, 3.63) is 0 Å². The zero-order valence-corrected chi connectivity index (χ0v) is 6.97. The smallest absolute Gasteiger partial charge is 0.407 e. The molecular weight excluding hydrogens is 158 g/mol. The maximum absolute atomic E-state index is 10.8. The van der Waals surface area contributed by atoms with Gasteiger partial charge in [-0.25, -0.2) is 4.79 Å². The van der Waals surface area contributed by atoms with Gasteiger partial charge in [0.05, 0.1) is 6.10 Å². The van der Waals surface area contributed by atoms with E-state index in [0.29, 0.717) is 6.42 Å². The van der Waals surface area contributed by atoms with E-state index in [2.05, 4.69) is 0 Å². The number of piperidine rings is 1. The molecule has 2 bridgehead atoms. The van der Waals surface area contributed by atoms with E-state index in [1.54, 1.807) is 0 Å². The maximum Gasteiger partial charge on any atom is 0.407 e. The van der Waals surface area contributed by atoms with Crippen LogP contribution in [-0.4, -0.2) is 39.4 Å². The molecule has 2 rings (SSSR count). The first-order valence-corrected chi connectivity index (χ1v) is 4.30. The van der Waals surface area contributed by atoms with Gasteiger partial charge in [0, 0.05) is 18.0 Å². The number of nitrogens with zero attached hydrogens (tertiary/aromatic N) is 1. The number of rotatable bonds is 0. The molecule has 0 spiro atoms. The molecule has 1 saturated heterocycles. The number of likely N-dealkylation sites (tertiary alicyclic amines) is 1. The van der Waals surface area contributed by atoms with E-state index in [1.165, 1.54) is 4.90 Å². The van der Waals surface area contributed by atoms with E-state index >= 15 is 0 Å². The Kier molecular flexibility index (Phi) is 1.54. The minimum absolute atomic E-state index is 0.00347. The van der Waals surface area contributed by atoms with Gasteiger partial charge < -0.3 is 15.1 Å². The molecule has 4 unspecified atom stereocenters. The highest BCUT2D eigenvalue weighted by molar-refractivity contribution is 5.66. The molecule has 0 radical (unpaired) electrons. The zero-order valence-electron chi connectivity index (χ0n) is 6.97. The molecule has 1 saturated carbocycles. The minimum atomic E-state index is -0.845. The van der Waals surface area contributed by atoms with Crippen molar-refractivity contribution in [3.63, 3.8) is 0 Å². The largest absolute Gasteiger partial charge is 0.465 e. The van der Waals surface area contributed by atoms with Crippen LogP contribution in [0, 0.1) is 5.92 Å². The first-order valence-electron chi connectivity index (χ1n) is 4.30. The first kappa shape index (κ1) is 7.86. The average molecular weight is 171 g/mol. The number of hydrogen-bond acceptors (Lipinski definition) is 2. The van der Waals surface area contributed by atoms with Gasteiger partial charge in [-0.2, -0.15) is 0 Å². The lowest BCUT2D eigenvalue weighted by Gasteiger charge is -2.32. The quantitative estimate of drug-likeness (QED) is 0.558. The third-order valence-electron chi connectivity index (χ3n) is 3.22. The highest BCUT2D eigenvalue weighted by Crippen LogP contribution is 2.42. The van der Waals surface area contributed by atoms with Gasteiger partial charge in [0.2, 0.25) is 0 Å². The van der Waals surface area contributed by atoms with Crippen molar-refractivity contribution in [2.45, 2.75) is 38.0 Å². The minimum Gasteiger partial charge on any atom is -0.465 e. The molecule has 0 aromatic rings. The Balaban J connectivity index is 2.18. The van der Waals surface area contributed by atoms with E-state index in [9.17, 15) is 9.90 Å². The van der Waals surface area contributed by atoms with Crippen molar-refractivity contribution in [1.82, 2.24) is 4.90 Å². The molecule has 2 N–H and O–H groups in total. The molecule has 1 aliphatic carbocycles. The van der Waals surface area contributed by atoms with E-state index in [0.717, 1.165) is 6.42 Å². The lowest BCUT2D eigenvalue weighted by Crippen LogP contribution is -2.46. The molecule has 1 heterocycles. The summed E-state index contributed by atoms with van der Waals surface area (Å²) in [5.41, 5.74) is 0. The van der Waals surface area contributed by atoms with Gasteiger partial charge in [0.1, 0.15) is 0 Å². The fraction of sp³-hybridized carbons (Fsp3) is 0.875. The average Bonchev–Trinajstić information content (AvgIpc) is 2.42. The Bertz CT molecular complexity index is 216. The third kappa shape index (κ3) is 0.843. The summed E-state index contributed by atoms with van der Waals surface area (Å²) in [5.74, 6) is 0.172. The van der Waals surface area contributed by atoms with Gasteiger partial charge in [-0.15, -0.1) is 0 Å². The van der Waals surface area contributed by atoms with Crippen molar-refractivity contribution >= 4 is 6.09 Å². The standard InChI is InChI=1S/C8H13NO3/c1-4-6-2-5(3-7(6)10)9(4)8(11)12/h4-7,10H,2-3H2,1H3,(H,11,12). The summed E-state index contributed by atoms with van der Waals surface area (Å²) < 4.78 is 0. The predicted octanol–water partition coefficient (Wildman–Crippen LogP) is 0.508. The van der Waals surface area contributed by atoms with Crippen LogP contribution in [0.25, 0.3) is 0 Å². The van der Waals surface area contributed by atoms with E-state index in [4.69, 9.17) is 5.11 Å². The summed E-state index contributed by atoms with van der Waals surface area (Å²) in [5, 5.41) is 18.3. The summed E-state index contributed by atoms with van der Waals surface area (Å²) in [4.78, 5) is 12.2. The lowest BCUT2D eigenvalue weighted by molar-refractivity contribution is 0.0412. The molecule has 2 aliphatic rings. The van der Waals surface area contributed by atoms with Crippen LogP contribution < -0.4 is 0 Å². The first-order chi connectivity index (χ1) is 5.61. The number of aliphatic hydroxyl groups is 1. The molecule has 12 heavy (non-hydrogen) atoms. The topological polar surface area (TPSA) is 60.8 Å². The van der Waals surface area contributed by atoms with Gasteiger partial charge in [-0.1, -0.05) is 0 Å². The Morgan fingerprint density at radius 2 is 2.17 bits per heavy atom. The monoisotopic (exact) mass is 171 g/mol. The van der Waals surface area contributed by atoms with Crippen LogP contribution >= 0.6 is 0 Å². The van der Waals surface area contributed by atoms with Gasteiger partial charge in [0.15, 0.2) is 0 Å². The molecule has 4 heteroatoms. The number of carbonyl (C=O) groups is 1. The molecule has 0 aromatic heterocycles. The second kappa shape index (κ2) is 2.36. The van der Waals surface area contributed by atoms with Crippen molar-refractivity contribution < 1.29 is 15.0 Å². The summed E-state index contributed by atoms with van der Waals surface area (Å²) in [6, 6.07) is 0.0637. The maximum atomic E-state index is 10.8. The van der Waals surface area contributed by atoms with Gasteiger partial charge >= 0.3 is 6.09 Å². The summed E-state index contributed by atoms with van der Waals surface area (Å²) >= 11 is 0. The van der Waals surface area contributed by atoms with Crippen LogP contribution in [0.1, 0.15) is 19.8 Å². The van der Waals surface area contributed by atoms with Crippen molar-refractivity contribution in [2.75, 3.05) is 0 Å². The third-order valence-corrected chi connectivity index (χ3v) is 3.22. The Hall–Kier alpha value is -0.770. The number of fused-ring (bicyclic) bond motifs is 2. The molecule has 1 amide bonds. The van der Waals surface area contributed by atoms with Crippen LogP contribution in [-0.2, 0) is 0 Å². The molecule has 4 nitrogen and oxygen atoms in total. The van der Waals surface area contributed by atoms with Crippen LogP contribution in [0.4, 0.5) is 4.79 Å². The number of carboxylic acid groups (broad SMARTS) is 1. The lowest BCUT2D eigenvalue weighted by atomic mass is 9.98. The van der Waals surface area contributed by atoms with Gasteiger partial charge in [0.25, 0.3) is 0 Å². The SMILES string of the molecule is CC1C2CC(CC2O)N1C(=O)O. The fourth-order valence-corrected chi connectivity index (χ4v) is 2.64. The fourth-order valence-electron chi connectivity index (χ4n) is 2.64. The Morgan fingerprint density at radius 1 is 1.50 bits per heavy atom. The van der Waals surface area contributed by atoms with Crippen molar-refractivity contribution in [2.24, 2.45) is 5.92 Å². The number of aliphatic hydroxyl groups excluding tert-OH is 1. The second-order valence-electron chi connectivity index (χ2n) is 3.79. The Morgan fingerprint density at radius 3 is 2.58 bits per heavy atom. The highest BCUT2D eigenvalue weighted by atomic mass is 16.4. The molecule has 68 valence electrons. The van der Waals surface area contributed by atoms with E-state index < -0.39 is 6.09 Å². The normalized spacial score (nSPS) is 45.3. The van der Waals surface area contributed by atoms with E-state index in [1.807, 2.05) is 6.92 Å². The molecular formula is C8H13NO3. The number of amides is 1. The van der Waals surface area contributed by atoms with Crippen molar-refractivity contribution in [1.29, 1.82) is 0 Å². The molecule has 2 fully saturated rings.